The summed E-state index contributed by atoms with van der Waals surface area (Å²) in [7, 11) is -7.71. The zero-order chi connectivity index (χ0) is 29.0. The van der Waals surface area contributed by atoms with Gasteiger partial charge in [0.05, 0.1) is 26.9 Å². The van der Waals surface area contributed by atoms with Gasteiger partial charge in [-0.25, -0.2) is 36.6 Å². The molecule has 3 aromatic carbocycles. The smallest absolute Gasteiger partial charge is 0.263 e. The molecule has 0 radical (unpaired) electrons. The number of rotatable bonds is 9. The molecule has 2 aromatic heterocycles. The molecule has 4 N–H and O–H groups in total. The summed E-state index contributed by atoms with van der Waals surface area (Å²) in [6, 6.07) is 22.6. The first-order valence-corrected chi connectivity index (χ1v) is 15.0. The van der Waals surface area contributed by atoms with E-state index in [-0.39, 0.29) is 15.6 Å². The molecule has 15 heteroatoms. The van der Waals surface area contributed by atoms with Crippen LogP contribution >= 0.6 is 0 Å². The van der Waals surface area contributed by atoms with Crippen LogP contribution in [-0.2, 0) is 20.0 Å². The lowest BCUT2D eigenvalue weighted by Crippen LogP contribution is -2.14. The summed E-state index contributed by atoms with van der Waals surface area (Å²) in [6.45, 7) is 1.79. The molecule has 5 rings (SSSR count). The Morgan fingerprint density at radius 1 is 0.829 bits per heavy atom. The second kappa shape index (κ2) is 11.2. The normalized spacial score (nSPS) is 12.0. The molecule has 0 saturated carbocycles. The topological polar surface area (TPSA) is 187 Å². The molecule has 0 aliphatic carbocycles. The van der Waals surface area contributed by atoms with E-state index in [1.807, 2.05) is 30.3 Å². The van der Waals surface area contributed by atoms with E-state index >= 15 is 0 Å². The van der Waals surface area contributed by atoms with Gasteiger partial charge in [0.2, 0.25) is 10.0 Å². The maximum atomic E-state index is 12.8. The van der Waals surface area contributed by atoms with Crippen LogP contribution in [0.1, 0.15) is 5.69 Å². The standard InChI is InChI=1S/C26H23N9O4S2/c1-18-25(32-31-20-7-11-22(12-8-20)40(27,36)37)26(30-19-5-3-2-4-6-19)33-35(18)21-9-13-23(14-10-21)41(38,39)34-24-15-16-28-17-29-24/h2-17H,1H3,(H,30,33)(H2,27,36,37)(H,28,29,34). The van der Waals surface area contributed by atoms with Crippen molar-refractivity contribution in [3.63, 3.8) is 0 Å². The SMILES string of the molecule is Cc1c(N=Nc2ccc(S(N)(=O)=O)cc2)c(Nc2ccccc2)nn1-c1ccc(S(=O)(=O)Nc2ccncn2)cc1. The molecule has 5 aromatic rings. The van der Waals surface area contributed by atoms with Gasteiger partial charge in [-0.3, -0.25) is 4.72 Å². The zero-order valence-electron chi connectivity index (χ0n) is 21.4. The number of azo groups is 1. The fourth-order valence-corrected chi connectivity index (χ4v) is 5.26. The van der Waals surface area contributed by atoms with Gasteiger partial charge in [-0.15, -0.1) is 10.2 Å². The van der Waals surface area contributed by atoms with E-state index in [9.17, 15) is 16.8 Å². The molecule has 0 saturated heterocycles. The van der Waals surface area contributed by atoms with Crippen molar-refractivity contribution in [2.75, 3.05) is 10.0 Å². The van der Waals surface area contributed by atoms with Gasteiger partial charge < -0.3 is 5.32 Å². The Kier molecular flexibility index (Phi) is 7.56. The van der Waals surface area contributed by atoms with E-state index < -0.39 is 20.0 Å². The number of hydrogen-bond donors (Lipinski definition) is 3. The number of benzene rings is 3. The van der Waals surface area contributed by atoms with Crippen molar-refractivity contribution >= 4 is 48.7 Å². The van der Waals surface area contributed by atoms with Gasteiger partial charge >= 0.3 is 0 Å². The van der Waals surface area contributed by atoms with Crippen molar-refractivity contribution in [2.45, 2.75) is 16.7 Å². The average molecular weight is 590 g/mol. The Balaban J connectivity index is 1.47. The lowest BCUT2D eigenvalue weighted by Gasteiger charge is -2.09. The molecule has 0 aliphatic heterocycles. The molecule has 0 unspecified atom stereocenters. The fraction of sp³-hybridized carbons (Fsp3) is 0.0385. The molecule has 0 spiro atoms. The average Bonchev–Trinajstić information content (AvgIpc) is 3.27. The van der Waals surface area contributed by atoms with Crippen LogP contribution in [0.15, 0.2) is 117 Å². The van der Waals surface area contributed by atoms with Crippen molar-refractivity contribution in [1.82, 2.24) is 19.7 Å². The number of para-hydroxylation sites is 1. The monoisotopic (exact) mass is 589 g/mol. The van der Waals surface area contributed by atoms with Gasteiger partial charge in [0, 0.05) is 11.9 Å². The first-order valence-electron chi connectivity index (χ1n) is 12.0. The summed E-state index contributed by atoms with van der Waals surface area (Å²) in [6.07, 6.45) is 2.68. The predicted octanol–water partition coefficient (Wildman–Crippen LogP) is 4.58. The van der Waals surface area contributed by atoms with E-state index in [1.54, 1.807) is 23.7 Å². The molecule has 0 amide bonds. The number of sulfonamides is 2. The number of primary sulfonamides is 1. The molecule has 0 atom stereocenters. The van der Waals surface area contributed by atoms with Crippen molar-refractivity contribution in [3.8, 4) is 5.69 Å². The summed E-state index contributed by atoms with van der Waals surface area (Å²) in [5, 5.41) is 21.7. The highest BCUT2D eigenvalue weighted by Gasteiger charge is 2.19. The van der Waals surface area contributed by atoms with E-state index in [4.69, 9.17) is 5.14 Å². The molecule has 0 fully saturated rings. The quantitative estimate of drug-likeness (QED) is 0.208. The number of anilines is 3. The van der Waals surface area contributed by atoms with Gasteiger partial charge in [-0.2, -0.15) is 5.11 Å². The second-order valence-corrected chi connectivity index (χ2v) is 11.9. The van der Waals surface area contributed by atoms with Crippen molar-refractivity contribution in [2.24, 2.45) is 15.4 Å². The van der Waals surface area contributed by atoms with Crippen LogP contribution < -0.4 is 15.2 Å². The Morgan fingerprint density at radius 2 is 1.51 bits per heavy atom. The number of hydrogen-bond acceptors (Lipinski definition) is 10. The van der Waals surface area contributed by atoms with E-state index in [0.29, 0.717) is 28.6 Å². The zero-order valence-corrected chi connectivity index (χ0v) is 23.1. The first kappa shape index (κ1) is 27.6. The number of nitrogens with one attached hydrogen (secondary N) is 2. The van der Waals surface area contributed by atoms with Crippen LogP contribution in [-0.4, -0.2) is 36.6 Å². The number of nitrogens with zero attached hydrogens (tertiary/aromatic N) is 6. The summed E-state index contributed by atoms with van der Waals surface area (Å²) >= 11 is 0. The van der Waals surface area contributed by atoms with E-state index in [2.05, 4.69) is 35.3 Å². The Labute approximate surface area is 235 Å². The first-order chi connectivity index (χ1) is 19.6. The third kappa shape index (κ3) is 6.43. The van der Waals surface area contributed by atoms with Crippen LogP contribution in [0.2, 0.25) is 0 Å². The third-order valence-electron chi connectivity index (χ3n) is 5.76. The van der Waals surface area contributed by atoms with E-state index in [1.165, 1.54) is 55.0 Å². The molecule has 0 aliphatic rings. The second-order valence-electron chi connectivity index (χ2n) is 8.62. The molecule has 0 bridgehead atoms. The summed E-state index contributed by atoms with van der Waals surface area (Å²) < 4.78 is 52.7. The molecular weight excluding hydrogens is 566 g/mol. The maximum Gasteiger partial charge on any atom is 0.263 e. The fourth-order valence-electron chi connectivity index (χ4n) is 3.73. The number of nitrogens with two attached hydrogens (primary N) is 1. The largest absolute Gasteiger partial charge is 0.337 e. The Morgan fingerprint density at radius 3 is 2.15 bits per heavy atom. The lowest BCUT2D eigenvalue weighted by atomic mass is 10.3. The molecule has 208 valence electrons. The molecule has 41 heavy (non-hydrogen) atoms. The van der Waals surface area contributed by atoms with Gasteiger partial charge in [0.25, 0.3) is 10.0 Å². The third-order valence-corrected chi connectivity index (χ3v) is 8.06. The number of aromatic nitrogens is 4. The molecular formula is C26H23N9O4S2. The van der Waals surface area contributed by atoms with Crippen LogP contribution in [0.5, 0.6) is 0 Å². The summed E-state index contributed by atoms with van der Waals surface area (Å²) in [4.78, 5) is 7.67. The maximum absolute atomic E-state index is 12.8. The Hall–Kier alpha value is -4.99. The highest BCUT2D eigenvalue weighted by molar-refractivity contribution is 7.92. The Bertz CT molecular complexity index is 1910. The van der Waals surface area contributed by atoms with Gasteiger partial charge in [-0.1, -0.05) is 18.2 Å². The lowest BCUT2D eigenvalue weighted by molar-refractivity contribution is 0.597. The van der Waals surface area contributed by atoms with E-state index in [0.717, 1.165) is 5.69 Å². The predicted molar refractivity (Wildman–Crippen MR) is 153 cm³/mol. The van der Waals surface area contributed by atoms with Crippen LogP contribution in [0.3, 0.4) is 0 Å². The van der Waals surface area contributed by atoms with Crippen LogP contribution in [0.25, 0.3) is 5.69 Å². The van der Waals surface area contributed by atoms with Gasteiger partial charge in [-0.05, 0) is 73.7 Å². The highest BCUT2D eigenvalue weighted by atomic mass is 32.2. The molecule has 13 nitrogen and oxygen atoms in total. The van der Waals surface area contributed by atoms with Crippen molar-refractivity contribution in [1.29, 1.82) is 0 Å². The van der Waals surface area contributed by atoms with Gasteiger partial charge in [0.15, 0.2) is 11.5 Å². The minimum Gasteiger partial charge on any atom is -0.337 e. The van der Waals surface area contributed by atoms with Crippen LogP contribution in [0, 0.1) is 6.92 Å². The minimum atomic E-state index is -3.88. The molecule has 2 heterocycles. The van der Waals surface area contributed by atoms with Crippen molar-refractivity contribution < 1.29 is 16.8 Å². The minimum absolute atomic E-state index is 0.0372. The van der Waals surface area contributed by atoms with Crippen molar-refractivity contribution in [3.05, 3.63) is 103 Å². The summed E-state index contributed by atoms with van der Waals surface area (Å²) in [5.74, 6) is 0.554. The summed E-state index contributed by atoms with van der Waals surface area (Å²) in [5.41, 5.74) is 2.79. The van der Waals surface area contributed by atoms with Gasteiger partial charge in [0.1, 0.15) is 12.1 Å². The van der Waals surface area contributed by atoms with Crippen LogP contribution in [0.4, 0.5) is 28.7 Å². The highest BCUT2D eigenvalue weighted by Crippen LogP contribution is 2.34.